The number of methoxy groups -OCH3 is 1. The quantitative estimate of drug-likeness (QED) is 0.933. The summed E-state index contributed by atoms with van der Waals surface area (Å²) < 4.78 is 10.8. The minimum absolute atomic E-state index is 0.371. The Morgan fingerprint density at radius 1 is 1.33 bits per heavy atom. The SMILES string of the molecule is COC1CCCC(Nc2cc(-c3nnco3)ccc2C)C1. The van der Waals surface area contributed by atoms with Gasteiger partial charge in [0.1, 0.15) is 0 Å². The molecule has 2 aromatic rings. The first-order valence-corrected chi connectivity index (χ1v) is 7.43. The Labute approximate surface area is 124 Å². The van der Waals surface area contributed by atoms with Crippen molar-refractivity contribution in [3.63, 3.8) is 0 Å². The minimum Gasteiger partial charge on any atom is -0.423 e. The van der Waals surface area contributed by atoms with Gasteiger partial charge in [-0.2, -0.15) is 0 Å². The molecule has 0 radical (unpaired) electrons. The first-order valence-electron chi connectivity index (χ1n) is 7.43. The number of nitrogens with zero attached hydrogens (tertiary/aromatic N) is 2. The largest absolute Gasteiger partial charge is 0.423 e. The normalized spacial score (nSPS) is 22.2. The molecule has 0 bridgehead atoms. The van der Waals surface area contributed by atoms with E-state index in [0.29, 0.717) is 18.0 Å². The third-order valence-electron chi connectivity index (χ3n) is 4.16. The van der Waals surface area contributed by atoms with Gasteiger partial charge < -0.3 is 14.5 Å². The van der Waals surface area contributed by atoms with Gasteiger partial charge in [-0.1, -0.05) is 6.07 Å². The van der Waals surface area contributed by atoms with Gasteiger partial charge in [-0.05, 0) is 50.3 Å². The van der Waals surface area contributed by atoms with Crippen molar-refractivity contribution in [2.75, 3.05) is 12.4 Å². The number of benzene rings is 1. The molecule has 1 aromatic carbocycles. The standard InChI is InChI=1S/C16H21N3O2/c1-11-6-7-12(16-19-17-10-21-16)8-15(11)18-13-4-3-5-14(9-13)20-2/h6-8,10,13-14,18H,3-5,9H2,1-2H3. The van der Waals surface area contributed by atoms with Crippen molar-refractivity contribution in [1.82, 2.24) is 10.2 Å². The maximum atomic E-state index is 5.50. The Bertz CT molecular complexity index is 583. The predicted octanol–water partition coefficient (Wildman–Crippen LogP) is 3.41. The van der Waals surface area contributed by atoms with Crippen molar-refractivity contribution in [3.05, 3.63) is 30.2 Å². The van der Waals surface area contributed by atoms with E-state index in [1.54, 1.807) is 7.11 Å². The van der Waals surface area contributed by atoms with Crippen LogP contribution in [-0.2, 0) is 4.74 Å². The fourth-order valence-corrected chi connectivity index (χ4v) is 2.92. The van der Waals surface area contributed by atoms with E-state index in [2.05, 4.69) is 34.6 Å². The Morgan fingerprint density at radius 3 is 3.00 bits per heavy atom. The third-order valence-corrected chi connectivity index (χ3v) is 4.16. The van der Waals surface area contributed by atoms with Gasteiger partial charge in [-0.15, -0.1) is 10.2 Å². The molecule has 0 saturated heterocycles. The van der Waals surface area contributed by atoms with E-state index in [0.717, 1.165) is 24.1 Å². The second-order valence-corrected chi connectivity index (χ2v) is 5.64. The lowest BCUT2D eigenvalue weighted by Crippen LogP contribution is -2.31. The highest BCUT2D eigenvalue weighted by molar-refractivity contribution is 5.64. The van der Waals surface area contributed by atoms with Crippen LogP contribution in [0.2, 0.25) is 0 Å². The highest BCUT2D eigenvalue weighted by atomic mass is 16.5. The number of aryl methyl sites for hydroxylation is 1. The molecule has 1 N–H and O–H groups in total. The van der Waals surface area contributed by atoms with E-state index >= 15 is 0 Å². The summed E-state index contributed by atoms with van der Waals surface area (Å²) in [5.41, 5.74) is 3.30. The molecule has 1 aliphatic carbocycles. The predicted molar refractivity (Wildman–Crippen MR) is 81.1 cm³/mol. The molecule has 5 nitrogen and oxygen atoms in total. The van der Waals surface area contributed by atoms with Crippen LogP contribution in [0.5, 0.6) is 0 Å². The Morgan fingerprint density at radius 2 is 2.24 bits per heavy atom. The summed E-state index contributed by atoms with van der Waals surface area (Å²) in [6.45, 7) is 2.11. The number of ether oxygens (including phenoxy) is 1. The lowest BCUT2D eigenvalue weighted by molar-refractivity contribution is 0.0669. The summed E-state index contributed by atoms with van der Waals surface area (Å²) in [5.74, 6) is 0.552. The van der Waals surface area contributed by atoms with Gasteiger partial charge in [-0.25, -0.2) is 0 Å². The Balaban J connectivity index is 1.77. The summed E-state index contributed by atoms with van der Waals surface area (Å²) in [4.78, 5) is 0. The van der Waals surface area contributed by atoms with E-state index in [9.17, 15) is 0 Å². The highest BCUT2D eigenvalue weighted by Crippen LogP contribution is 2.28. The van der Waals surface area contributed by atoms with Gasteiger partial charge in [0.15, 0.2) is 0 Å². The monoisotopic (exact) mass is 287 g/mol. The van der Waals surface area contributed by atoms with Gasteiger partial charge in [0, 0.05) is 24.4 Å². The first kappa shape index (κ1) is 14.1. The van der Waals surface area contributed by atoms with Gasteiger partial charge in [0.2, 0.25) is 12.3 Å². The van der Waals surface area contributed by atoms with Crippen molar-refractivity contribution < 1.29 is 9.15 Å². The molecule has 2 unspecified atom stereocenters. The van der Waals surface area contributed by atoms with Gasteiger partial charge >= 0.3 is 0 Å². The minimum atomic E-state index is 0.371. The second kappa shape index (κ2) is 6.26. The summed E-state index contributed by atoms with van der Waals surface area (Å²) in [5, 5.41) is 11.3. The van der Waals surface area contributed by atoms with Crippen molar-refractivity contribution >= 4 is 5.69 Å². The number of anilines is 1. The molecule has 1 aliphatic rings. The molecule has 1 aromatic heterocycles. The molecule has 1 saturated carbocycles. The fraction of sp³-hybridized carbons (Fsp3) is 0.500. The van der Waals surface area contributed by atoms with Crippen LogP contribution in [0.3, 0.4) is 0 Å². The zero-order chi connectivity index (χ0) is 14.7. The summed E-state index contributed by atoms with van der Waals surface area (Å²) in [7, 11) is 1.80. The van der Waals surface area contributed by atoms with E-state index in [-0.39, 0.29) is 0 Å². The molecule has 5 heteroatoms. The average molecular weight is 287 g/mol. The van der Waals surface area contributed by atoms with Crippen molar-refractivity contribution in [2.24, 2.45) is 0 Å². The van der Waals surface area contributed by atoms with Crippen LogP contribution < -0.4 is 5.32 Å². The second-order valence-electron chi connectivity index (χ2n) is 5.64. The maximum absolute atomic E-state index is 5.50. The summed E-state index contributed by atoms with van der Waals surface area (Å²) in [6, 6.07) is 6.63. The molecule has 1 heterocycles. The van der Waals surface area contributed by atoms with Crippen molar-refractivity contribution in [3.8, 4) is 11.5 Å². The van der Waals surface area contributed by atoms with Crippen LogP contribution in [-0.4, -0.2) is 29.5 Å². The molecular weight excluding hydrogens is 266 g/mol. The lowest BCUT2D eigenvalue weighted by atomic mass is 9.92. The molecule has 1 fully saturated rings. The molecule has 112 valence electrons. The lowest BCUT2D eigenvalue weighted by Gasteiger charge is -2.30. The third kappa shape index (κ3) is 3.24. The van der Waals surface area contributed by atoms with Crippen molar-refractivity contribution in [2.45, 2.75) is 44.8 Å². The van der Waals surface area contributed by atoms with Crippen LogP contribution in [0.1, 0.15) is 31.2 Å². The fourth-order valence-electron chi connectivity index (χ4n) is 2.92. The molecule has 0 amide bonds. The Kier molecular flexibility index (Phi) is 4.20. The summed E-state index contributed by atoms with van der Waals surface area (Å²) in [6.07, 6.45) is 6.33. The van der Waals surface area contributed by atoms with Gasteiger partial charge in [0.25, 0.3) is 0 Å². The molecule has 21 heavy (non-hydrogen) atoms. The zero-order valence-electron chi connectivity index (χ0n) is 12.5. The van der Waals surface area contributed by atoms with E-state index in [1.807, 2.05) is 6.07 Å². The molecular formula is C16H21N3O2. The van der Waals surface area contributed by atoms with Crippen molar-refractivity contribution in [1.29, 1.82) is 0 Å². The number of rotatable bonds is 4. The van der Waals surface area contributed by atoms with Gasteiger partial charge in [0.05, 0.1) is 6.10 Å². The number of hydrogen-bond donors (Lipinski definition) is 1. The summed E-state index contributed by atoms with van der Waals surface area (Å²) >= 11 is 0. The smallest absolute Gasteiger partial charge is 0.247 e. The van der Waals surface area contributed by atoms with Gasteiger partial charge in [-0.3, -0.25) is 0 Å². The Hall–Kier alpha value is -1.88. The average Bonchev–Trinajstić information content (AvgIpc) is 3.04. The number of aromatic nitrogens is 2. The van der Waals surface area contributed by atoms with E-state index in [4.69, 9.17) is 9.15 Å². The molecule has 2 atom stereocenters. The molecule has 0 spiro atoms. The maximum Gasteiger partial charge on any atom is 0.247 e. The highest BCUT2D eigenvalue weighted by Gasteiger charge is 2.22. The van der Waals surface area contributed by atoms with E-state index < -0.39 is 0 Å². The van der Waals surface area contributed by atoms with Crippen LogP contribution in [0.15, 0.2) is 29.0 Å². The number of hydrogen-bond acceptors (Lipinski definition) is 5. The topological polar surface area (TPSA) is 60.2 Å². The number of nitrogens with one attached hydrogen (secondary N) is 1. The van der Waals surface area contributed by atoms with Crippen LogP contribution >= 0.6 is 0 Å². The molecule has 0 aliphatic heterocycles. The van der Waals surface area contributed by atoms with Crippen LogP contribution in [0.25, 0.3) is 11.5 Å². The van der Waals surface area contributed by atoms with E-state index in [1.165, 1.54) is 24.8 Å². The zero-order valence-corrected chi connectivity index (χ0v) is 12.5. The first-order chi connectivity index (χ1) is 10.3. The molecule has 3 rings (SSSR count). The van der Waals surface area contributed by atoms with Crippen LogP contribution in [0, 0.1) is 6.92 Å². The van der Waals surface area contributed by atoms with Crippen LogP contribution in [0.4, 0.5) is 5.69 Å².